The molecule has 0 aromatic carbocycles. The first-order valence-electron chi connectivity index (χ1n) is 3.07. The molecule has 0 fully saturated rings. The van der Waals surface area contributed by atoms with E-state index in [0.29, 0.717) is 0 Å². The maximum absolute atomic E-state index is 12.0. The van der Waals surface area contributed by atoms with Crippen molar-refractivity contribution in [1.82, 2.24) is 9.97 Å². The molecule has 0 amide bonds. The highest BCUT2D eigenvalue weighted by molar-refractivity contribution is 6.17. The van der Waals surface area contributed by atoms with Crippen LogP contribution in [0.1, 0.15) is 5.82 Å². The molecule has 0 spiro atoms. The van der Waals surface area contributed by atoms with Crippen molar-refractivity contribution in [3.63, 3.8) is 0 Å². The Hall–Kier alpha value is -1.31. The molecule has 1 aromatic heterocycles. The van der Waals surface area contributed by atoms with Crippen LogP contribution < -0.4 is 4.65 Å². The molecule has 0 saturated heterocycles. The highest BCUT2D eigenvalue weighted by Crippen LogP contribution is 2.26. The lowest BCUT2D eigenvalue weighted by molar-refractivity contribution is -0.145. The van der Waals surface area contributed by atoms with Crippen molar-refractivity contribution in [2.75, 3.05) is 0 Å². The third-order valence-electron chi connectivity index (χ3n) is 1.06. The van der Waals surface area contributed by atoms with Crippen molar-refractivity contribution in [1.29, 1.82) is 0 Å². The average Bonchev–Trinajstić information content (AvgIpc) is 2.04. The molecule has 0 unspecified atom stereocenters. The highest BCUT2D eigenvalue weighted by atomic mass is 19.4. The van der Waals surface area contributed by atoms with Crippen LogP contribution in [-0.4, -0.2) is 22.7 Å². The quantitative estimate of drug-likeness (QED) is 0.687. The molecule has 1 aromatic rings. The Kier molecular flexibility index (Phi) is 2.71. The van der Waals surface area contributed by atoms with Crippen LogP contribution in [-0.2, 0) is 6.18 Å². The summed E-state index contributed by atoms with van der Waals surface area (Å²) in [5.74, 6) is -1.68. The molecule has 0 bridgehead atoms. The van der Waals surface area contributed by atoms with Crippen LogP contribution in [0.4, 0.5) is 13.2 Å². The molecule has 0 aliphatic carbocycles. The van der Waals surface area contributed by atoms with Gasteiger partial charge in [-0.1, -0.05) is 0 Å². The zero-order chi connectivity index (χ0) is 9.90. The Morgan fingerprint density at radius 3 is 2.69 bits per heavy atom. The summed E-state index contributed by atoms with van der Waals surface area (Å²) >= 11 is 0. The second-order valence-corrected chi connectivity index (χ2v) is 1.94. The summed E-state index contributed by atoms with van der Waals surface area (Å²) in [6.07, 6.45) is -3.73. The van der Waals surface area contributed by atoms with Crippen molar-refractivity contribution >= 4 is 7.69 Å². The second kappa shape index (κ2) is 3.61. The van der Waals surface area contributed by atoms with Gasteiger partial charge in [-0.25, -0.2) is 4.98 Å². The number of hydrogen-bond acceptors (Lipinski definition) is 4. The highest BCUT2D eigenvalue weighted by Gasteiger charge is 2.34. The Bertz CT molecular complexity index is 293. The van der Waals surface area contributed by atoms with E-state index in [0.717, 1.165) is 12.3 Å². The van der Waals surface area contributed by atoms with Crippen LogP contribution >= 0.6 is 0 Å². The topological polar surface area (TPSA) is 55.2 Å². The third kappa shape index (κ3) is 2.58. The normalized spacial score (nSPS) is 11.1. The number of hydrogen-bond donors (Lipinski definition) is 1. The van der Waals surface area contributed by atoms with Crippen molar-refractivity contribution < 1.29 is 22.8 Å². The van der Waals surface area contributed by atoms with Crippen molar-refractivity contribution in [2.45, 2.75) is 6.18 Å². The van der Waals surface area contributed by atoms with Gasteiger partial charge in [0.15, 0.2) is 5.88 Å². The standard InChI is InChI=1S/C5H3BF3N2O2/c7-5(8,9)4-10-2-1-3(11-4)13-6-12/h1-2,12H. The molecule has 0 atom stereocenters. The molecular formula is C5H3BF3N2O2. The van der Waals surface area contributed by atoms with Crippen LogP contribution in [0.2, 0.25) is 0 Å². The van der Waals surface area contributed by atoms with Crippen molar-refractivity contribution in [3.8, 4) is 5.88 Å². The first-order chi connectivity index (χ1) is 6.04. The number of rotatable bonds is 2. The summed E-state index contributed by atoms with van der Waals surface area (Å²) in [5.41, 5.74) is 0. The number of aromatic nitrogens is 2. The van der Waals surface area contributed by atoms with E-state index in [1.165, 1.54) is 0 Å². The van der Waals surface area contributed by atoms with Gasteiger partial charge < -0.3 is 9.68 Å². The van der Waals surface area contributed by atoms with Gasteiger partial charge in [0, 0.05) is 12.3 Å². The molecule has 0 aliphatic heterocycles. The van der Waals surface area contributed by atoms with E-state index in [9.17, 15) is 13.2 Å². The second-order valence-electron chi connectivity index (χ2n) is 1.94. The summed E-state index contributed by atoms with van der Waals surface area (Å²) in [6, 6.07) is 1.09. The number of nitrogens with zero attached hydrogens (tertiary/aromatic N) is 2. The molecule has 0 saturated carbocycles. The number of halogens is 3. The SMILES string of the molecule is O[B]Oc1ccnc(C(F)(F)F)n1. The van der Waals surface area contributed by atoms with E-state index >= 15 is 0 Å². The molecule has 1 rings (SSSR count). The zero-order valence-electron chi connectivity index (χ0n) is 6.12. The molecule has 69 valence electrons. The summed E-state index contributed by atoms with van der Waals surface area (Å²) in [7, 11) is 0.239. The molecule has 0 aliphatic rings. The maximum Gasteiger partial charge on any atom is 0.570 e. The van der Waals surface area contributed by atoms with E-state index in [-0.39, 0.29) is 13.6 Å². The van der Waals surface area contributed by atoms with Crippen LogP contribution in [0.25, 0.3) is 0 Å². The zero-order valence-corrected chi connectivity index (χ0v) is 6.12. The van der Waals surface area contributed by atoms with Crippen molar-refractivity contribution in [2.24, 2.45) is 0 Å². The minimum atomic E-state index is -4.62. The Balaban J connectivity index is 2.92. The van der Waals surface area contributed by atoms with Crippen LogP contribution in [0.3, 0.4) is 0 Å². The average molecular weight is 191 g/mol. The minimum absolute atomic E-state index is 0.239. The summed E-state index contributed by atoms with van der Waals surface area (Å²) in [6.45, 7) is 0. The Morgan fingerprint density at radius 1 is 1.46 bits per heavy atom. The Labute approximate surface area is 71.7 Å². The van der Waals surface area contributed by atoms with E-state index in [2.05, 4.69) is 14.6 Å². The molecule has 1 radical (unpaired) electrons. The fourth-order valence-corrected chi connectivity index (χ4v) is 0.598. The molecule has 1 N–H and O–H groups in total. The van der Waals surface area contributed by atoms with Gasteiger partial charge in [0.2, 0.25) is 5.82 Å². The van der Waals surface area contributed by atoms with Gasteiger partial charge >= 0.3 is 13.9 Å². The van der Waals surface area contributed by atoms with Gasteiger partial charge in [-0.3, -0.25) is 0 Å². The third-order valence-corrected chi connectivity index (χ3v) is 1.06. The molecule has 4 nitrogen and oxygen atoms in total. The first kappa shape index (κ1) is 9.78. The van der Waals surface area contributed by atoms with E-state index < -0.39 is 12.0 Å². The summed E-state index contributed by atoms with van der Waals surface area (Å²) in [5, 5.41) is 8.12. The predicted octanol–water partition coefficient (Wildman–Crippen LogP) is 0.401. The largest absolute Gasteiger partial charge is 0.570 e. The van der Waals surface area contributed by atoms with E-state index in [4.69, 9.17) is 5.02 Å². The summed E-state index contributed by atoms with van der Waals surface area (Å²) < 4.78 is 40.1. The maximum atomic E-state index is 12.0. The Morgan fingerprint density at radius 2 is 2.15 bits per heavy atom. The smallest absolute Gasteiger partial charge is 0.523 e. The molecular weight excluding hydrogens is 188 g/mol. The van der Waals surface area contributed by atoms with Crippen LogP contribution in [0.5, 0.6) is 5.88 Å². The van der Waals surface area contributed by atoms with Crippen molar-refractivity contribution in [3.05, 3.63) is 18.1 Å². The van der Waals surface area contributed by atoms with Gasteiger partial charge in [0.05, 0.1) is 0 Å². The monoisotopic (exact) mass is 191 g/mol. The van der Waals surface area contributed by atoms with Crippen LogP contribution in [0.15, 0.2) is 12.3 Å². The minimum Gasteiger partial charge on any atom is -0.523 e. The van der Waals surface area contributed by atoms with E-state index in [1.807, 2.05) is 0 Å². The fraction of sp³-hybridized carbons (Fsp3) is 0.200. The van der Waals surface area contributed by atoms with Gasteiger partial charge in [-0.15, -0.1) is 0 Å². The van der Waals surface area contributed by atoms with Gasteiger partial charge in [0.1, 0.15) is 0 Å². The van der Waals surface area contributed by atoms with Gasteiger partial charge in [-0.05, 0) is 0 Å². The predicted molar refractivity (Wildman–Crippen MR) is 35.6 cm³/mol. The summed E-state index contributed by atoms with van der Waals surface area (Å²) in [4.78, 5) is 5.97. The first-order valence-corrected chi connectivity index (χ1v) is 3.07. The van der Waals surface area contributed by atoms with Crippen LogP contribution in [0, 0.1) is 0 Å². The molecule has 1 heterocycles. The van der Waals surface area contributed by atoms with Gasteiger partial charge in [0.25, 0.3) is 0 Å². The molecule has 8 heteroatoms. The lowest BCUT2D eigenvalue weighted by Crippen LogP contribution is -2.12. The van der Waals surface area contributed by atoms with Gasteiger partial charge in [-0.2, -0.15) is 18.2 Å². The number of alkyl halides is 3. The lowest BCUT2D eigenvalue weighted by Gasteiger charge is -2.05. The lowest BCUT2D eigenvalue weighted by atomic mass is 10.4. The van der Waals surface area contributed by atoms with E-state index in [1.54, 1.807) is 0 Å². The molecule has 13 heavy (non-hydrogen) atoms. The fourth-order valence-electron chi connectivity index (χ4n) is 0.598.